The lowest BCUT2D eigenvalue weighted by Crippen LogP contribution is -2.36. The van der Waals surface area contributed by atoms with Crippen LogP contribution in [0.4, 0.5) is 0 Å². The molecular weight excluding hydrogens is 240 g/mol. The molecule has 1 aromatic carbocycles. The molecule has 0 heterocycles. The summed E-state index contributed by atoms with van der Waals surface area (Å²) in [6.07, 6.45) is 1.10. The Bertz CT molecular complexity index is 379. The lowest BCUT2D eigenvalue weighted by atomic mass is 10.0. The minimum absolute atomic E-state index is 0.0756. The van der Waals surface area contributed by atoms with Gasteiger partial charge >= 0.3 is 0 Å². The van der Waals surface area contributed by atoms with Gasteiger partial charge in [0.1, 0.15) is 0 Å². The predicted molar refractivity (Wildman–Crippen MR) is 76.8 cm³/mol. The minimum Gasteiger partial charge on any atom is -0.396 e. The standard InChI is InChI=1S/C15H24N2O2/c1-12(11-15(19)17(2)3)16-14(9-10-18)13-7-5-4-6-8-13/h4-8,12,14,16,18H,9-11H2,1-3H3/t12?,14-/m1/s1. The van der Waals surface area contributed by atoms with Crippen LogP contribution in [0.3, 0.4) is 0 Å². The molecule has 1 rings (SSSR count). The Morgan fingerprint density at radius 2 is 1.95 bits per heavy atom. The van der Waals surface area contributed by atoms with Crippen LogP contribution < -0.4 is 5.32 Å². The summed E-state index contributed by atoms with van der Waals surface area (Å²) >= 11 is 0. The summed E-state index contributed by atoms with van der Waals surface area (Å²) in [5, 5.41) is 12.6. The van der Waals surface area contributed by atoms with E-state index < -0.39 is 0 Å². The Hall–Kier alpha value is -1.39. The van der Waals surface area contributed by atoms with Crippen LogP contribution in [-0.4, -0.2) is 42.7 Å². The zero-order valence-electron chi connectivity index (χ0n) is 12.0. The lowest BCUT2D eigenvalue weighted by molar-refractivity contribution is -0.129. The highest BCUT2D eigenvalue weighted by molar-refractivity contribution is 5.76. The molecule has 0 fully saturated rings. The molecular formula is C15H24N2O2. The molecule has 19 heavy (non-hydrogen) atoms. The molecule has 0 aliphatic rings. The van der Waals surface area contributed by atoms with Crippen molar-refractivity contribution in [1.82, 2.24) is 10.2 Å². The average molecular weight is 264 g/mol. The van der Waals surface area contributed by atoms with Crippen molar-refractivity contribution in [1.29, 1.82) is 0 Å². The van der Waals surface area contributed by atoms with Gasteiger partial charge in [0.05, 0.1) is 0 Å². The van der Waals surface area contributed by atoms with Gasteiger partial charge in [0.2, 0.25) is 5.91 Å². The van der Waals surface area contributed by atoms with Gasteiger partial charge in [-0.1, -0.05) is 30.3 Å². The number of hydrogen-bond acceptors (Lipinski definition) is 3. The first-order valence-corrected chi connectivity index (χ1v) is 6.66. The largest absolute Gasteiger partial charge is 0.396 e. The number of rotatable bonds is 7. The second-order valence-electron chi connectivity index (χ2n) is 5.04. The summed E-state index contributed by atoms with van der Waals surface area (Å²) < 4.78 is 0. The van der Waals surface area contributed by atoms with Crippen LogP contribution in [0.25, 0.3) is 0 Å². The van der Waals surface area contributed by atoms with Crippen LogP contribution >= 0.6 is 0 Å². The van der Waals surface area contributed by atoms with Crippen LogP contribution in [0.1, 0.15) is 31.4 Å². The Morgan fingerprint density at radius 3 is 2.47 bits per heavy atom. The van der Waals surface area contributed by atoms with Gasteiger partial charge in [0, 0.05) is 39.2 Å². The van der Waals surface area contributed by atoms with Crippen molar-refractivity contribution >= 4 is 5.91 Å². The fourth-order valence-corrected chi connectivity index (χ4v) is 2.01. The normalized spacial score (nSPS) is 13.9. The van der Waals surface area contributed by atoms with Crippen LogP contribution in [0.2, 0.25) is 0 Å². The Morgan fingerprint density at radius 1 is 1.32 bits per heavy atom. The number of aliphatic hydroxyl groups is 1. The Balaban J connectivity index is 2.61. The highest BCUT2D eigenvalue weighted by atomic mass is 16.3. The molecule has 4 heteroatoms. The molecule has 1 unspecified atom stereocenters. The number of benzene rings is 1. The molecule has 0 saturated heterocycles. The lowest BCUT2D eigenvalue weighted by Gasteiger charge is -2.24. The molecule has 0 aromatic heterocycles. The smallest absolute Gasteiger partial charge is 0.223 e. The fourth-order valence-electron chi connectivity index (χ4n) is 2.01. The summed E-state index contributed by atoms with van der Waals surface area (Å²) in [5.74, 6) is 0.107. The third-order valence-electron chi connectivity index (χ3n) is 3.09. The van der Waals surface area contributed by atoms with Gasteiger partial charge < -0.3 is 15.3 Å². The number of carbonyl (C=O) groups is 1. The van der Waals surface area contributed by atoms with Crippen molar-refractivity contribution in [3.63, 3.8) is 0 Å². The van der Waals surface area contributed by atoms with Gasteiger partial charge in [0.15, 0.2) is 0 Å². The van der Waals surface area contributed by atoms with Gasteiger partial charge in [-0.05, 0) is 18.9 Å². The van der Waals surface area contributed by atoms with Gasteiger partial charge in [-0.3, -0.25) is 4.79 Å². The van der Waals surface area contributed by atoms with Crippen molar-refractivity contribution < 1.29 is 9.90 Å². The second-order valence-corrected chi connectivity index (χ2v) is 5.04. The Kier molecular flexibility index (Phi) is 6.53. The summed E-state index contributed by atoms with van der Waals surface area (Å²) in [6.45, 7) is 2.12. The zero-order valence-corrected chi connectivity index (χ0v) is 12.0. The number of nitrogens with one attached hydrogen (secondary N) is 1. The summed E-state index contributed by atoms with van der Waals surface area (Å²) in [5.41, 5.74) is 1.14. The summed E-state index contributed by atoms with van der Waals surface area (Å²) in [4.78, 5) is 13.3. The van der Waals surface area contributed by atoms with Gasteiger partial charge in [-0.15, -0.1) is 0 Å². The van der Waals surface area contributed by atoms with Crippen LogP contribution in [0.5, 0.6) is 0 Å². The first-order valence-electron chi connectivity index (χ1n) is 6.66. The first-order chi connectivity index (χ1) is 9.04. The van der Waals surface area contributed by atoms with Gasteiger partial charge in [0.25, 0.3) is 0 Å². The third-order valence-corrected chi connectivity index (χ3v) is 3.09. The molecule has 2 N–H and O–H groups in total. The predicted octanol–water partition coefficient (Wildman–Crippen LogP) is 1.57. The maximum atomic E-state index is 11.7. The van der Waals surface area contributed by atoms with Crippen LogP contribution in [-0.2, 0) is 4.79 Å². The van der Waals surface area contributed by atoms with Crippen molar-refractivity contribution in [2.75, 3.05) is 20.7 Å². The molecule has 1 aromatic rings. The zero-order chi connectivity index (χ0) is 14.3. The summed E-state index contributed by atoms with van der Waals surface area (Å²) in [7, 11) is 3.52. The maximum absolute atomic E-state index is 11.7. The van der Waals surface area contributed by atoms with E-state index in [1.54, 1.807) is 19.0 Å². The van der Waals surface area contributed by atoms with E-state index in [-0.39, 0.29) is 24.6 Å². The van der Waals surface area contributed by atoms with E-state index in [1.807, 2.05) is 37.3 Å². The van der Waals surface area contributed by atoms with E-state index in [0.717, 1.165) is 5.56 Å². The summed E-state index contributed by atoms with van der Waals surface area (Å²) in [6, 6.07) is 10.2. The maximum Gasteiger partial charge on any atom is 0.223 e. The van der Waals surface area contributed by atoms with E-state index in [0.29, 0.717) is 12.8 Å². The van der Waals surface area contributed by atoms with Crippen LogP contribution in [0.15, 0.2) is 30.3 Å². The number of carbonyl (C=O) groups excluding carboxylic acids is 1. The van der Waals surface area contributed by atoms with Crippen molar-refractivity contribution in [2.24, 2.45) is 0 Å². The molecule has 0 aliphatic carbocycles. The van der Waals surface area contributed by atoms with E-state index in [4.69, 9.17) is 5.11 Å². The molecule has 0 bridgehead atoms. The number of amides is 1. The molecule has 0 saturated carbocycles. The molecule has 0 radical (unpaired) electrons. The van der Waals surface area contributed by atoms with Crippen LogP contribution in [0, 0.1) is 0 Å². The van der Waals surface area contributed by atoms with E-state index >= 15 is 0 Å². The fraction of sp³-hybridized carbons (Fsp3) is 0.533. The Labute approximate surface area is 115 Å². The minimum atomic E-state index is 0.0756. The average Bonchev–Trinajstić information content (AvgIpc) is 2.39. The third kappa shape index (κ3) is 5.41. The SMILES string of the molecule is CC(CC(=O)N(C)C)N[C@H](CCO)c1ccccc1. The van der Waals surface area contributed by atoms with E-state index in [1.165, 1.54) is 0 Å². The quantitative estimate of drug-likeness (QED) is 0.786. The van der Waals surface area contributed by atoms with Crippen molar-refractivity contribution in [3.8, 4) is 0 Å². The highest BCUT2D eigenvalue weighted by Gasteiger charge is 2.16. The number of aliphatic hydroxyl groups excluding tert-OH is 1. The monoisotopic (exact) mass is 264 g/mol. The topological polar surface area (TPSA) is 52.6 Å². The van der Waals surface area contributed by atoms with E-state index in [9.17, 15) is 4.79 Å². The van der Waals surface area contributed by atoms with E-state index in [2.05, 4.69) is 5.32 Å². The van der Waals surface area contributed by atoms with Gasteiger partial charge in [-0.25, -0.2) is 0 Å². The van der Waals surface area contributed by atoms with Crippen molar-refractivity contribution in [3.05, 3.63) is 35.9 Å². The molecule has 106 valence electrons. The first kappa shape index (κ1) is 15.7. The molecule has 1 amide bonds. The highest BCUT2D eigenvalue weighted by Crippen LogP contribution is 2.17. The molecule has 2 atom stereocenters. The van der Waals surface area contributed by atoms with Crippen molar-refractivity contribution in [2.45, 2.75) is 31.8 Å². The number of nitrogens with zero attached hydrogens (tertiary/aromatic N) is 1. The second kappa shape index (κ2) is 7.92. The van der Waals surface area contributed by atoms with Gasteiger partial charge in [-0.2, -0.15) is 0 Å². The molecule has 4 nitrogen and oxygen atoms in total. The molecule has 0 aliphatic heterocycles. The number of hydrogen-bond donors (Lipinski definition) is 2. The molecule has 0 spiro atoms.